The summed E-state index contributed by atoms with van der Waals surface area (Å²) in [7, 11) is 0. The van der Waals surface area contributed by atoms with Gasteiger partial charge in [-0.05, 0) is 18.9 Å². The summed E-state index contributed by atoms with van der Waals surface area (Å²) in [6.07, 6.45) is 7.83. The maximum atomic E-state index is 12.1. The summed E-state index contributed by atoms with van der Waals surface area (Å²) in [5.41, 5.74) is 1.14. The van der Waals surface area contributed by atoms with Gasteiger partial charge < -0.3 is 14.8 Å². The second-order valence-corrected chi connectivity index (χ2v) is 5.67. The number of nitrogens with zero attached hydrogens (tertiary/aromatic N) is 5. The van der Waals surface area contributed by atoms with Crippen LogP contribution in [0.1, 0.15) is 24.4 Å². The van der Waals surface area contributed by atoms with Gasteiger partial charge in [0.1, 0.15) is 5.82 Å². The molecule has 2 amide bonds. The van der Waals surface area contributed by atoms with Crippen molar-refractivity contribution in [1.29, 1.82) is 0 Å². The molecule has 1 aliphatic heterocycles. The molecule has 1 aliphatic carbocycles. The summed E-state index contributed by atoms with van der Waals surface area (Å²) >= 11 is 0. The molecule has 7 heteroatoms. The first-order chi connectivity index (χ1) is 10.3. The summed E-state index contributed by atoms with van der Waals surface area (Å²) in [6.45, 7) is 2.82. The van der Waals surface area contributed by atoms with Crippen molar-refractivity contribution in [1.82, 2.24) is 29.5 Å². The van der Waals surface area contributed by atoms with Gasteiger partial charge in [-0.3, -0.25) is 4.68 Å². The van der Waals surface area contributed by atoms with Gasteiger partial charge in [0.05, 0.1) is 25.0 Å². The van der Waals surface area contributed by atoms with Crippen molar-refractivity contribution >= 4 is 6.03 Å². The number of hydrogen-bond acceptors (Lipinski definition) is 3. The predicted octanol–water partition coefficient (Wildman–Crippen LogP) is 0.815. The number of rotatable bonds is 3. The van der Waals surface area contributed by atoms with Crippen LogP contribution in [-0.4, -0.2) is 42.8 Å². The van der Waals surface area contributed by atoms with Crippen LogP contribution in [-0.2, 0) is 19.6 Å². The third-order valence-electron chi connectivity index (χ3n) is 4.02. The summed E-state index contributed by atoms with van der Waals surface area (Å²) < 4.78 is 4.08. The van der Waals surface area contributed by atoms with Crippen molar-refractivity contribution in [3.8, 4) is 0 Å². The van der Waals surface area contributed by atoms with E-state index in [2.05, 4.69) is 20.0 Å². The number of carbonyl (C=O) groups is 1. The van der Waals surface area contributed by atoms with Gasteiger partial charge in [0, 0.05) is 31.5 Å². The molecule has 2 aromatic heterocycles. The van der Waals surface area contributed by atoms with E-state index >= 15 is 0 Å². The van der Waals surface area contributed by atoms with Crippen LogP contribution >= 0.6 is 0 Å². The van der Waals surface area contributed by atoms with E-state index in [0.29, 0.717) is 19.1 Å². The lowest BCUT2D eigenvalue weighted by molar-refractivity contribution is 0.181. The highest BCUT2D eigenvalue weighted by atomic mass is 16.2. The van der Waals surface area contributed by atoms with Crippen LogP contribution in [0.5, 0.6) is 0 Å². The van der Waals surface area contributed by atoms with Gasteiger partial charge in [-0.2, -0.15) is 5.10 Å². The van der Waals surface area contributed by atoms with Gasteiger partial charge in [0.15, 0.2) is 0 Å². The molecule has 110 valence electrons. The molecular formula is C14H18N6O. The number of imidazole rings is 1. The van der Waals surface area contributed by atoms with E-state index in [0.717, 1.165) is 37.4 Å². The van der Waals surface area contributed by atoms with Crippen molar-refractivity contribution in [3.63, 3.8) is 0 Å². The number of fused-ring (bicyclic) bond motifs is 1. The lowest BCUT2D eigenvalue weighted by Crippen LogP contribution is -2.45. The topological polar surface area (TPSA) is 68.0 Å². The van der Waals surface area contributed by atoms with E-state index in [-0.39, 0.29) is 6.03 Å². The van der Waals surface area contributed by atoms with Crippen LogP contribution in [0.25, 0.3) is 0 Å². The van der Waals surface area contributed by atoms with E-state index < -0.39 is 0 Å². The zero-order valence-corrected chi connectivity index (χ0v) is 11.8. The van der Waals surface area contributed by atoms with Crippen molar-refractivity contribution in [2.45, 2.75) is 38.5 Å². The van der Waals surface area contributed by atoms with E-state index in [9.17, 15) is 4.79 Å². The minimum absolute atomic E-state index is 0.0420. The first-order valence-electron chi connectivity index (χ1n) is 7.36. The molecule has 21 heavy (non-hydrogen) atoms. The molecule has 2 aliphatic rings. The van der Waals surface area contributed by atoms with Crippen molar-refractivity contribution in [3.05, 3.63) is 36.2 Å². The molecule has 0 radical (unpaired) electrons. The summed E-state index contributed by atoms with van der Waals surface area (Å²) in [5, 5.41) is 7.26. The average molecular weight is 286 g/mol. The Morgan fingerprint density at radius 3 is 3.05 bits per heavy atom. The second-order valence-electron chi connectivity index (χ2n) is 5.67. The van der Waals surface area contributed by atoms with Crippen LogP contribution in [0.3, 0.4) is 0 Å². The zero-order valence-electron chi connectivity index (χ0n) is 11.8. The van der Waals surface area contributed by atoms with Gasteiger partial charge >= 0.3 is 6.03 Å². The average Bonchev–Trinajstić information content (AvgIpc) is 3.01. The maximum absolute atomic E-state index is 12.1. The Bertz CT molecular complexity index is 642. The standard InChI is InChI=1S/C14H18N6O/c21-14(17-11-2-3-11)18-6-7-20-12(8-15-13(20)10-18)9-19-5-1-4-16-19/h1,4-5,8,11H,2-3,6-7,9-10H2,(H,17,21). The molecular weight excluding hydrogens is 268 g/mol. The fraction of sp³-hybridized carbons (Fsp3) is 0.500. The fourth-order valence-electron chi connectivity index (χ4n) is 2.68. The molecule has 0 bridgehead atoms. The molecule has 4 rings (SSSR count). The Morgan fingerprint density at radius 2 is 2.29 bits per heavy atom. The quantitative estimate of drug-likeness (QED) is 0.908. The van der Waals surface area contributed by atoms with Crippen LogP contribution in [0, 0.1) is 0 Å². The highest BCUT2D eigenvalue weighted by molar-refractivity contribution is 5.74. The largest absolute Gasteiger partial charge is 0.335 e. The molecule has 0 atom stereocenters. The SMILES string of the molecule is O=C(NC1CC1)N1CCn2c(Cn3cccn3)cnc2C1. The summed E-state index contributed by atoms with van der Waals surface area (Å²) in [5.74, 6) is 0.953. The highest BCUT2D eigenvalue weighted by Crippen LogP contribution is 2.20. The van der Waals surface area contributed by atoms with Gasteiger partial charge in [0.25, 0.3) is 0 Å². The van der Waals surface area contributed by atoms with Gasteiger partial charge in [-0.1, -0.05) is 0 Å². The molecule has 2 aromatic rings. The van der Waals surface area contributed by atoms with Crippen molar-refractivity contribution in [2.24, 2.45) is 0 Å². The molecule has 0 aromatic carbocycles. The van der Waals surface area contributed by atoms with Gasteiger partial charge in [-0.15, -0.1) is 0 Å². The normalized spacial score (nSPS) is 17.6. The molecule has 0 saturated heterocycles. The molecule has 0 unspecified atom stereocenters. The Balaban J connectivity index is 1.46. The molecule has 1 saturated carbocycles. The summed E-state index contributed by atoms with van der Waals surface area (Å²) in [6, 6.07) is 2.35. The first-order valence-corrected chi connectivity index (χ1v) is 7.36. The Labute approximate surface area is 122 Å². The molecule has 1 N–H and O–H groups in total. The smallest absolute Gasteiger partial charge is 0.318 e. The Hall–Kier alpha value is -2.31. The van der Waals surface area contributed by atoms with Gasteiger partial charge in [0.2, 0.25) is 0 Å². The minimum atomic E-state index is 0.0420. The zero-order chi connectivity index (χ0) is 14.2. The maximum Gasteiger partial charge on any atom is 0.318 e. The number of hydrogen-bond donors (Lipinski definition) is 1. The van der Waals surface area contributed by atoms with E-state index in [1.165, 1.54) is 0 Å². The fourth-order valence-corrected chi connectivity index (χ4v) is 2.68. The number of urea groups is 1. The molecule has 0 spiro atoms. The Kier molecular flexibility index (Phi) is 2.90. The minimum Gasteiger partial charge on any atom is -0.335 e. The van der Waals surface area contributed by atoms with E-state index in [4.69, 9.17) is 0 Å². The van der Waals surface area contributed by atoms with Crippen LogP contribution in [0.4, 0.5) is 4.79 Å². The van der Waals surface area contributed by atoms with Crippen LogP contribution in [0.15, 0.2) is 24.7 Å². The van der Waals surface area contributed by atoms with E-state index in [1.807, 2.05) is 28.0 Å². The third kappa shape index (κ3) is 2.51. The molecule has 1 fully saturated rings. The lowest BCUT2D eigenvalue weighted by atomic mass is 10.3. The Morgan fingerprint density at radius 1 is 1.38 bits per heavy atom. The van der Waals surface area contributed by atoms with Crippen molar-refractivity contribution < 1.29 is 4.79 Å². The van der Waals surface area contributed by atoms with Crippen molar-refractivity contribution in [2.75, 3.05) is 6.54 Å². The van der Waals surface area contributed by atoms with E-state index in [1.54, 1.807) is 6.20 Å². The number of amides is 2. The highest BCUT2D eigenvalue weighted by Gasteiger charge is 2.28. The monoisotopic (exact) mass is 286 g/mol. The van der Waals surface area contributed by atoms with Crippen LogP contribution in [0.2, 0.25) is 0 Å². The predicted molar refractivity (Wildman–Crippen MR) is 75.5 cm³/mol. The van der Waals surface area contributed by atoms with Crippen LogP contribution < -0.4 is 5.32 Å². The molecule has 3 heterocycles. The third-order valence-corrected chi connectivity index (χ3v) is 4.02. The second kappa shape index (κ2) is 4.91. The van der Waals surface area contributed by atoms with Gasteiger partial charge in [-0.25, -0.2) is 9.78 Å². The summed E-state index contributed by atoms with van der Waals surface area (Å²) in [4.78, 5) is 18.4. The molecule has 7 nitrogen and oxygen atoms in total. The number of carbonyl (C=O) groups excluding carboxylic acids is 1. The number of nitrogens with one attached hydrogen (secondary N) is 1. The number of aromatic nitrogens is 4. The first kappa shape index (κ1) is 12.4. The lowest BCUT2D eigenvalue weighted by Gasteiger charge is -2.28.